The minimum absolute atomic E-state index is 1.25. The molecule has 0 fully saturated rings. The molecule has 0 N–H and O–H groups in total. The number of hydrogen-bond acceptors (Lipinski definition) is 1. The molecule has 0 radical (unpaired) electrons. The number of hydrogen-bond donors (Lipinski definition) is 0. The Labute approximate surface area is 111 Å². The maximum atomic E-state index is 4.09. The lowest BCUT2D eigenvalue weighted by atomic mass is 10.1. The van der Waals surface area contributed by atoms with Crippen LogP contribution in [-0.2, 0) is 0 Å². The topological polar surface area (TPSA) is 17.8 Å². The first-order valence-electron chi connectivity index (χ1n) is 6.32. The lowest BCUT2D eigenvalue weighted by Crippen LogP contribution is -1.86. The van der Waals surface area contributed by atoms with Crippen molar-refractivity contribution in [3.63, 3.8) is 0 Å². The number of imidazole rings is 1. The fourth-order valence-electron chi connectivity index (χ4n) is 2.68. The fourth-order valence-corrected chi connectivity index (χ4v) is 2.68. The van der Waals surface area contributed by atoms with Crippen LogP contribution in [0.15, 0.2) is 67.3 Å². The van der Waals surface area contributed by atoms with Gasteiger partial charge in [0.15, 0.2) is 0 Å². The predicted octanol–water partition coefficient (Wildman–Crippen LogP) is 3.91. The summed E-state index contributed by atoms with van der Waals surface area (Å²) in [6.07, 6.45) is 7.70. The van der Waals surface area contributed by atoms with Crippen LogP contribution in [0.4, 0.5) is 0 Å². The molecule has 2 aromatic carbocycles. The van der Waals surface area contributed by atoms with Gasteiger partial charge in [0.25, 0.3) is 0 Å². The molecule has 1 aliphatic carbocycles. The zero-order chi connectivity index (χ0) is 12.7. The maximum Gasteiger partial charge on any atom is 0.0986 e. The lowest BCUT2D eigenvalue weighted by molar-refractivity contribution is 1.14. The molecule has 3 aromatic rings. The number of fused-ring (bicyclic) bond motifs is 3. The highest BCUT2D eigenvalue weighted by Crippen LogP contribution is 2.43. The Hall–Kier alpha value is -2.61. The van der Waals surface area contributed by atoms with Crippen LogP contribution >= 0.6 is 0 Å². The number of benzene rings is 2. The van der Waals surface area contributed by atoms with Gasteiger partial charge in [-0.15, -0.1) is 0 Å². The van der Waals surface area contributed by atoms with E-state index in [0.29, 0.717) is 0 Å². The van der Waals surface area contributed by atoms with Crippen LogP contribution in [0.5, 0.6) is 0 Å². The summed E-state index contributed by atoms with van der Waals surface area (Å²) >= 11 is 0. The van der Waals surface area contributed by atoms with Crippen molar-refractivity contribution in [2.75, 3.05) is 0 Å². The molecule has 2 nitrogen and oxygen atoms in total. The Bertz CT molecular complexity index is 720. The third-order valence-corrected chi connectivity index (χ3v) is 3.53. The van der Waals surface area contributed by atoms with Gasteiger partial charge < -0.3 is 4.57 Å². The molecule has 2 heteroatoms. The molecule has 90 valence electrons. The highest BCUT2D eigenvalue weighted by molar-refractivity contribution is 6.04. The summed E-state index contributed by atoms with van der Waals surface area (Å²) in [6.45, 7) is 0. The van der Waals surface area contributed by atoms with Gasteiger partial charge in [0.2, 0.25) is 0 Å². The Balaban J connectivity index is 2.01. The molecule has 1 heterocycles. The van der Waals surface area contributed by atoms with E-state index in [1.54, 1.807) is 6.20 Å². The number of nitrogens with zero attached hydrogens (tertiary/aromatic N) is 2. The van der Waals surface area contributed by atoms with Gasteiger partial charge >= 0.3 is 0 Å². The zero-order valence-corrected chi connectivity index (χ0v) is 10.3. The van der Waals surface area contributed by atoms with Crippen molar-refractivity contribution < 1.29 is 0 Å². The summed E-state index contributed by atoms with van der Waals surface area (Å²) in [6, 6.07) is 17.1. The Morgan fingerprint density at radius 2 is 1.37 bits per heavy atom. The minimum atomic E-state index is 1.25. The first-order chi connectivity index (χ1) is 9.43. The predicted molar refractivity (Wildman–Crippen MR) is 77.4 cm³/mol. The largest absolute Gasteiger partial charge is 0.312 e. The molecule has 0 spiro atoms. The average molecular weight is 244 g/mol. The van der Waals surface area contributed by atoms with Crippen molar-refractivity contribution in [3.8, 4) is 11.1 Å². The van der Waals surface area contributed by atoms with E-state index in [1.807, 2.05) is 17.1 Å². The maximum absolute atomic E-state index is 4.09. The van der Waals surface area contributed by atoms with Gasteiger partial charge in [-0.3, -0.25) is 0 Å². The minimum Gasteiger partial charge on any atom is -0.312 e. The summed E-state index contributed by atoms with van der Waals surface area (Å²) in [5, 5.41) is 0. The molecule has 0 unspecified atom stereocenters. The van der Waals surface area contributed by atoms with Gasteiger partial charge in [-0.25, -0.2) is 4.98 Å². The summed E-state index contributed by atoms with van der Waals surface area (Å²) < 4.78 is 1.99. The normalized spacial score (nSPS) is 12.1. The van der Waals surface area contributed by atoms with E-state index in [2.05, 4.69) is 59.7 Å². The molecule has 4 rings (SSSR count). The summed E-state index contributed by atoms with van der Waals surface area (Å²) in [4.78, 5) is 4.09. The van der Waals surface area contributed by atoms with Crippen molar-refractivity contribution in [2.24, 2.45) is 0 Å². The average Bonchev–Trinajstić information content (AvgIpc) is 3.08. The van der Waals surface area contributed by atoms with E-state index in [-0.39, 0.29) is 0 Å². The molecular weight excluding hydrogens is 232 g/mol. The smallest absolute Gasteiger partial charge is 0.0986 e. The van der Waals surface area contributed by atoms with Gasteiger partial charge in [0, 0.05) is 24.2 Å². The molecule has 0 bridgehead atoms. The van der Waals surface area contributed by atoms with E-state index in [4.69, 9.17) is 0 Å². The Kier molecular flexibility index (Phi) is 2.15. The van der Waals surface area contributed by atoms with Gasteiger partial charge in [-0.2, -0.15) is 0 Å². The van der Waals surface area contributed by atoms with E-state index in [9.17, 15) is 0 Å². The first kappa shape index (κ1) is 10.3. The lowest BCUT2D eigenvalue weighted by Gasteiger charge is -2.02. The molecular formula is C17H12N2. The standard InChI is InChI=1S/C17H12N2/c1-3-7-15-13(5-1)14-6-2-4-8-16(14)17(15)11-19-10-9-18-12-19/h1-12H. The zero-order valence-electron chi connectivity index (χ0n) is 10.3. The van der Waals surface area contributed by atoms with Crippen molar-refractivity contribution in [3.05, 3.63) is 78.4 Å². The molecule has 1 aliphatic rings. The highest BCUT2D eigenvalue weighted by Gasteiger charge is 2.22. The number of aromatic nitrogens is 2. The van der Waals surface area contributed by atoms with Crippen LogP contribution < -0.4 is 0 Å². The van der Waals surface area contributed by atoms with Crippen molar-refractivity contribution in [1.82, 2.24) is 9.55 Å². The summed E-state index contributed by atoms with van der Waals surface area (Å²) in [5.74, 6) is 0. The van der Waals surface area contributed by atoms with Crippen molar-refractivity contribution >= 4 is 11.8 Å². The van der Waals surface area contributed by atoms with Crippen LogP contribution in [0.3, 0.4) is 0 Å². The van der Waals surface area contributed by atoms with Crippen molar-refractivity contribution in [1.29, 1.82) is 0 Å². The SMILES string of the molecule is C(=C1c2ccccc2-c2ccccc21)n1ccnc1. The monoisotopic (exact) mass is 244 g/mol. The van der Waals surface area contributed by atoms with Crippen molar-refractivity contribution in [2.45, 2.75) is 0 Å². The first-order valence-corrected chi connectivity index (χ1v) is 6.32. The Morgan fingerprint density at radius 1 is 0.789 bits per heavy atom. The fraction of sp³-hybridized carbons (Fsp3) is 0. The molecule has 0 atom stereocenters. The molecule has 0 amide bonds. The van der Waals surface area contributed by atoms with Crippen LogP contribution in [0.2, 0.25) is 0 Å². The quantitative estimate of drug-likeness (QED) is 0.496. The second-order valence-electron chi connectivity index (χ2n) is 4.64. The highest BCUT2D eigenvalue weighted by atomic mass is 15.0. The van der Waals surface area contributed by atoms with Crippen LogP contribution in [0, 0.1) is 0 Å². The summed E-state index contributed by atoms with van der Waals surface area (Å²) in [7, 11) is 0. The molecule has 19 heavy (non-hydrogen) atoms. The Morgan fingerprint density at radius 3 is 1.89 bits per heavy atom. The molecule has 1 aromatic heterocycles. The van der Waals surface area contributed by atoms with Crippen LogP contribution in [-0.4, -0.2) is 9.55 Å². The van der Waals surface area contributed by atoms with E-state index >= 15 is 0 Å². The van der Waals surface area contributed by atoms with Crippen LogP contribution in [0.1, 0.15) is 11.1 Å². The number of rotatable bonds is 1. The molecule has 0 saturated heterocycles. The molecule has 0 aliphatic heterocycles. The van der Waals surface area contributed by atoms with E-state index in [0.717, 1.165) is 0 Å². The van der Waals surface area contributed by atoms with Gasteiger partial charge in [0.1, 0.15) is 0 Å². The van der Waals surface area contributed by atoms with Gasteiger partial charge in [-0.05, 0) is 22.3 Å². The third kappa shape index (κ3) is 1.54. The van der Waals surface area contributed by atoms with E-state index in [1.165, 1.54) is 27.8 Å². The second-order valence-corrected chi connectivity index (χ2v) is 4.64. The van der Waals surface area contributed by atoms with Gasteiger partial charge in [-0.1, -0.05) is 48.5 Å². The second kappa shape index (κ2) is 3.95. The molecule has 0 saturated carbocycles. The van der Waals surface area contributed by atoms with E-state index < -0.39 is 0 Å². The summed E-state index contributed by atoms with van der Waals surface area (Å²) in [5.41, 5.74) is 6.45. The van der Waals surface area contributed by atoms with Crippen LogP contribution in [0.25, 0.3) is 22.9 Å². The van der Waals surface area contributed by atoms with Gasteiger partial charge in [0.05, 0.1) is 6.33 Å². The third-order valence-electron chi connectivity index (χ3n) is 3.53.